The number of Topliss-reactive ketones (excluding diaryl/α,β-unsaturated/α-hetero) is 1. The molecule has 0 N–H and O–H groups in total. The van der Waals surface area contributed by atoms with E-state index in [1.54, 1.807) is 12.1 Å². The summed E-state index contributed by atoms with van der Waals surface area (Å²) < 4.78 is 12.6. The van der Waals surface area contributed by atoms with Crippen molar-refractivity contribution < 1.29 is 9.18 Å². The molecule has 0 spiro atoms. The van der Waals surface area contributed by atoms with Crippen LogP contribution in [-0.4, -0.2) is 30.8 Å². The zero-order chi connectivity index (χ0) is 11.3. The van der Waals surface area contributed by atoms with Gasteiger partial charge in [-0.05, 0) is 31.3 Å². The number of halogens is 1. The molecule has 0 saturated heterocycles. The number of rotatable bonds is 5. The third kappa shape index (κ3) is 4.21. The number of benzene rings is 1. The standard InChI is InChI=1S/C12H16FNO/c1-3-14(2)9-12(15)8-10-4-6-11(13)7-5-10/h4-7H,3,8-9H2,1-2H3. The summed E-state index contributed by atoms with van der Waals surface area (Å²) in [6.45, 7) is 3.31. The van der Waals surface area contributed by atoms with Gasteiger partial charge in [-0.1, -0.05) is 19.1 Å². The number of hydrogen-bond donors (Lipinski definition) is 0. The molecule has 0 unspecified atom stereocenters. The van der Waals surface area contributed by atoms with Gasteiger partial charge >= 0.3 is 0 Å². The molecule has 0 aliphatic heterocycles. The molecule has 1 rings (SSSR count). The molecule has 82 valence electrons. The third-order valence-electron chi connectivity index (χ3n) is 2.30. The van der Waals surface area contributed by atoms with Crippen molar-refractivity contribution in [3.05, 3.63) is 35.6 Å². The minimum Gasteiger partial charge on any atom is -0.299 e. The molecule has 1 aromatic rings. The van der Waals surface area contributed by atoms with Crippen LogP contribution in [0.3, 0.4) is 0 Å². The van der Waals surface area contributed by atoms with Gasteiger partial charge in [-0.25, -0.2) is 4.39 Å². The summed E-state index contributed by atoms with van der Waals surface area (Å²) in [6, 6.07) is 6.07. The van der Waals surface area contributed by atoms with Crippen molar-refractivity contribution in [2.75, 3.05) is 20.1 Å². The summed E-state index contributed by atoms with van der Waals surface area (Å²) >= 11 is 0. The molecule has 0 aliphatic carbocycles. The fraction of sp³-hybridized carbons (Fsp3) is 0.417. The first-order chi connectivity index (χ1) is 7.11. The highest BCUT2D eigenvalue weighted by Crippen LogP contribution is 2.04. The van der Waals surface area contributed by atoms with E-state index in [0.29, 0.717) is 13.0 Å². The minimum absolute atomic E-state index is 0.158. The Labute approximate surface area is 89.7 Å². The average molecular weight is 209 g/mol. The number of ketones is 1. The lowest BCUT2D eigenvalue weighted by Crippen LogP contribution is -2.26. The first kappa shape index (κ1) is 11.9. The van der Waals surface area contributed by atoms with Crippen LogP contribution in [0.5, 0.6) is 0 Å². The maximum atomic E-state index is 12.6. The average Bonchev–Trinajstić information content (AvgIpc) is 2.21. The van der Waals surface area contributed by atoms with Crippen LogP contribution in [0.2, 0.25) is 0 Å². The number of nitrogens with zero attached hydrogens (tertiary/aromatic N) is 1. The first-order valence-corrected chi connectivity index (χ1v) is 5.06. The fourth-order valence-electron chi connectivity index (χ4n) is 1.30. The number of likely N-dealkylation sites (N-methyl/N-ethyl adjacent to an activating group) is 1. The number of carbonyl (C=O) groups is 1. The van der Waals surface area contributed by atoms with Crippen LogP contribution in [0, 0.1) is 5.82 Å². The highest BCUT2D eigenvalue weighted by Gasteiger charge is 2.06. The summed E-state index contributed by atoms with van der Waals surface area (Å²) in [5, 5.41) is 0. The van der Waals surface area contributed by atoms with Gasteiger partial charge in [0.05, 0.1) is 6.54 Å². The Kier molecular flexibility index (Phi) is 4.43. The largest absolute Gasteiger partial charge is 0.299 e. The highest BCUT2D eigenvalue weighted by atomic mass is 19.1. The summed E-state index contributed by atoms with van der Waals surface area (Å²) in [7, 11) is 1.91. The van der Waals surface area contributed by atoms with Crippen molar-refractivity contribution in [1.82, 2.24) is 4.90 Å². The van der Waals surface area contributed by atoms with Crippen molar-refractivity contribution in [2.45, 2.75) is 13.3 Å². The molecule has 2 nitrogen and oxygen atoms in total. The Balaban J connectivity index is 2.48. The van der Waals surface area contributed by atoms with Crippen molar-refractivity contribution in [3.63, 3.8) is 0 Å². The van der Waals surface area contributed by atoms with Crippen molar-refractivity contribution in [3.8, 4) is 0 Å². The van der Waals surface area contributed by atoms with Gasteiger partial charge in [0.1, 0.15) is 5.82 Å². The Hall–Kier alpha value is -1.22. The SMILES string of the molecule is CCN(C)CC(=O)Cc1ccc(F)cc1. The molecule has 1 aromatic carbocycles. The van der Waals surface area contributed by atoms with Crippen molar-refractivity contribution in [2.24, 2.45) is 0 Å². The van der Waals surface area contributed by atoms with E-state index in [4.69, 9.17) is 0 Å². The molecule has 0 aromatic heterocycles. The molecule has 0 saturated carbocycles. The molecule has 3 heteroatoms. The van der Waals surface area contributed by atoms with Gasteiger partial charge in [0.2, 0.25) is 0 Å². The lowest BCUT2D eigenvalue weighted by Gasteiger charge is -2.12. The van der Waals surface area contributed by atoms with Crippen molar-refractivity contribution in [1.29, 1.82) is 0 Å². The Morgan fingerprint density at radius 1 is 1.33 bits per heavy atom. The quantitative estimate of drug-likeness (QED) is 0.738. The van der Waals surface area contributed by atoms with Gasteiger partial charge in [0.15, 0.2) is 5.78 Å². The predicted octanol–water partition coefficient (Wildman–Crippen LogP) is 1.89. The molecule has 0 radical (unpaired) electrons. The molecule has 0 heterocycles. The van der Waals surface area contributed by atoms with E-state index < -0.39 is 0 Å². The van der Waals surface area contributed by atoms with Gasteiger partial charge < -0.3 is 0 Å². The van der Waals surface area contributed by atoms with E-state index in [-0.39, 0.29) is 11.6 Å². The van der Waals surface area contributed by atoms with Crippen LogP contribution in [0.1, 0.15) is 12.5 Å². The van der Waals surface area contributed by atoms with Crippen LogP contribution in [0.25, 0.3) is 0 Å². The number of hydrogen-bond acceptors (Lipinski definition) is 2. The van der Waals surface area contributed by atoms with Gasteiger partial charge in [-0.2, -0.15) is 0 Å². The van der Waals surface area contributed by atoms with Gasteiger partial charge in [-0.15, -0.1) is 0 Å². The lowest BCUT2D eigenvalue weighted by molar-refractivity contribution is -0.119. The van der Waals surface area contributed by atoms with E-state index in [0.717, 1.165) is 12.1 Å². The maximum Gasteiger partial charge on any atom is 0.151 e. The van der Waals surface area contributed by atoms with E-state index >= 15 is 0 Å². The van der Waals surface area contributed by atoms with Gasteiger partial charge in [0, 0.05) is 6.42 Å². The summed E-state index contributed by atoms with van der Waals surface area (Å²) in [4.78, 5) is 13.5. The second-order valence-electron chi connectivity index (χ2n) is 3.67. The van der Waals surface area contributed by atoms with Crippen LogP contribution in [-0.2, 0) is 11.2 Å². The molecular weight excluding hydrogens is 193 g/mol. The number of carbonyl (C=O) groups excluding carboxylic acids is 1. The summed E-state index contributed by atoms with van der Waals surface area (Å²) in [5.41, 5.74) is 0.867. The first-order valence-electron chi connectivity index (χ1n) is 5.06. The zero-order valence-electron chi connectivity index (χ0n) is 9.16. The third-order valence-corrected chi connectivity index (χ3v) is 2.30. The fourth-order valence-corrected chi connectivity index (χ4v) is 1.30. The molecule has 15 heavy (non-hydrogen) atoms. The van der Waals surface area contributed by atoms with E-state index in [1.165, 1.54) is 12.1 Å². The van der Waals surface area contributed by atoms with E-state index in [9.17, 15) is 9.18 Å². The van der Waals surface area contributed by atoms with Crippen LogP contribution in [0.15, 0.2) is 24.3 Å². The second kappa shape index (κ2) is 5.61. The molecule has 0 bridgehead atoms. The maximum absolute atomic E-state index is 12.6. The molecular formula is C12H16FNO. The smallest absolute Gasteiger partial charge is 0.151 e. The minimum atomic E-state index is -0.267. The predicted molar refractivity (Wildman–Crippen MR) is 58.3 cm³/mol. The van der Waals surface area contributed by atoms with Gasteiger partial charge in [0.25, 0.3) is 0 Å². The Morgan fingerprint density at radius 3 is 2.47 bits per heavy atom. The van der Waals surface area contributed by atoms with E-state index in [2.05, 4.69) is 0 Å². The Morgan fingerprint density at radius 2 is 1.93 bits per heavy atom. The summed E-state index contributed by atoms with van der Waals surface area (Å²) in [5.74, 6) is -0.108. The molecule has 0 fully saturated rings. The molecule has 0 atom stereocenters. The molecule has 0 aliphatic rings. The van der Waals surface area contributed by atoms with Crippen LogP contribution < -0.4 is 0 Å². The monoisotopic (exact) mass is 209 g/mol. The normalized spacial score (nSPS) is 10.7. The second-order valence-corrected chi connectivity index (χ2v) is 3.67. The summed E-state index contributed by atoms with van der Waals surface area (Å²) in [6.07, 6.45) is 0.380. The van der Waals surface area contributed by atoms with Crippen LogP contribution >= 0.6 is 0 Å². The topological polar surface area (TPSA) is 20.3 Å². The van der Waals surface area contributed by atoms with Crippen molar-refractivity contribution >= 4 is 5.78 Å². The van der Waals surface area contributed by atoms with Crippen LogP contribution in [0.4, 0.5) is 4.39 Å². The van der Waals surface area contributed by atoms with E-state index in [1.807, 2.05) is 18.9 Å². The Bertz CT molecular complexity index is 321. The lowest BCUT2D eigenvalue weighted by atomic mass is 10.1. The molecule has 0 amide bonds. The zero-order valence-corrected chi connectivity index (χ0v) is 9.16. The highest BCUT2D eigenvalue weighted by molar-refractivity contribution is 5.82. The van der Waals surface area contributed by atoms with Gasteiger partial charge in [-0.3, -0.25) is 9.69 Å².